The molecule has 0 aliphatic heterocycles. The standard InChI is InChI=1S/C16H20FN/c1-5-14(11-18-12(2)3)6-7-15-8-9-16(17)10-13(15)4/h5,8-11H,2,6-7H2,1,3-4H3/b14-5-,18-11?. The Hall–Kier alpha value is -1.70. The van der Waals surface area contributed by atoms with E-state index in [-0.39, 0.29) is 5.82 Å². The maximum absolute atomic E-state index is 13.0. The van der Waals surface area contributed by atoms with Crippen molar-refractivity contribution in [2.24, 2.45) is 4.99 Å². The third kappa shape index (κ3) is 4.66. The minimum atomic E-state index is -0.175. The van der Waals surface area contributed by atoms with E-state index >= 15 is 0 Å². The van der Waals surface area contributed by atoms with E-state index in [4.69, 9.17) is 0 Å². The minimum absolute atomic E-state index is 0.175. The molecule has 18 heavy (non-hydrogen) atoms. The van der Waals surface area contributed by atoms with Gasteiger partial charge < -0.3 is 0 Å². The van der Waals surface area contributed by atoms with Crippen LogP contribution in [0.15, 0.2) is 47.1 Å². The zero-order valence-corrected chi connectivity index (χ0v) is 11.3. The van der Waals surface area contributed by atoms with Gasteiger partial charge in [0.2, 0.25) is 0 Å². The quantitative estimate of drug-likeness (QED) is 0.671. The van der Waals surface area contributed by atoms with Crippen LogP contribution in [0.4, 0.5) is 4.39 Å². The van der Waals surface area contributed by atoms with Gasteiger partial charge in [-0.25, -0.2) is 4.39 Å². The first-order valence-electron chi connectivity index (χ1n) is 6.12. The summed E-state index contributed by atoms with van der Waals surface area (Å²) in [7, 11) is 0. The van der Waals surface area contributed by atoms with Gasteiger partial charge in [-0.2, -0.15) is 0 Å². The van der Waals surface area contributed by atoms with E-state index < -0.39 is 0 Å². The average molecular weight is 245 g/mol. The molecule has 1 aromatic rings. The van der Waals surface area contributed by atoms with E-state index in [1.807, 2.05) is 39.1 Å². The second-order valence-corrected chi connectivity index (χ2v) is 4.43. The van der Waals surface area contributed by atoms with Crippen LogP contribution in [0.5, 0.6) is 0 Å². The number of hydrogen-bond acceptors (Lipinski definition) is 1. The monoisotopic (exact) mass is 245 g/mol. The first-order valence-corrected chi connectivity index (χ1v) is 6.12. The molecule has 0 unspecified atom stereocenters. The number of halogens is 1. The fourth-order valence-electron chi connectivity index (χ4n) is 1.70. The fourth-order valence-corrected chi connectivity index (χ4v) is 1.70. The highest BCUT2D eigenvalue weighted by atomic mass is 19.1. The lowest BCUT2D eigenvalue weighted by Gasteiger charge is -2.06. The number of nitrogens with zero attached hydrogens (tertiary/aromatic N) is 1. The Morgan fingerprint density at radius 2 is 2.17 bits per heavy atom. The molecular formula is C16H20FN. The maximum Gasteiger partial charge on any atom is 0.123 e. The zero-order valence-electron chi connectivity index (χ0n) is 11.3. The lowest BCUT2D eigenvalue weighted by Crippen LogP contribution is -1.94. The molecule has 0 spiro atoms. The van der Waals surface area contributed by atoms with Crippen molar-refractivity contribution >= 4 is 6.21 Å². The summed E-state index contributed by atoms with van der Waals surface area (Å²) in [5.41, 5.74) is 4.15. The van der Waals surface area contributed by atoms with Gasteiger partial charge in [0.1, 0.15) is 5.82 Å². The Kier molecular flexibility index (Phi) is 5.50. The van der Waals surface area contributed by atoms with E-state index in [9.17, 15) is 4.39 Å². The van der Waals surface area contributed by atoms with Crippen LogP contribution < -0.4 is 0 Å². The van der Waals surface area contributed by atoms with Gasteiger partial charge in [0.25, 0.3) is 0 Å². The summed E-state index contributed by atoms with van der Waals surface area (Å²) in [5, 5.41) is 0. The Morgan fingerprint density at radius 3 is 2.72 bits per heavy atom. The molecule has 0 N–H and O–H groups in total. The number of aliphatic imine (C=N–C) groups is 1. The first-order chi connectivity index (χ1) is 8.52. The summed E-state index contributed by atoms with van der Waals surface area (Å²) in [5.74, 6) is -0.175. The highest BCUT2D eigenvalue weighted by molar-refractivity contribution is 5.79. The van der Waals surface area contributed by atoms with Crippen molar-refractivity contribution in [1.82, 2.24) is 0 Å². The van der Waals surface area contributed by atoms with E-state index in [0.717, 1.165) is 24.1 Å². The Bertz CT molecular complexity index is 484. The maximum atomic E-state index is 13.0. The molecule has 0 bridgehead atoms. The number of rotatable bonds is 5. The molecule has 2 heteroatoms. The normalized spacial score (nSPS) is 12.1. The molecule has 1 rings (SSSR count). The molecule has 0 radical (unpaired) electrons. The summed E-state index contributed by atoms with van der Waals surface area (Å²) < 4.78 is 13.0. The van der Waals surface area contributed by atoms with Gasteiger partial charge in [0.05, 0.1) is 0 Å². The predicted molar refractivity (Wildman–Crippen MR) is 76.5 cm³/mol. The Balaban J connectivity index is 2.66. The highest BCUT2D eigenvalue weighted by Crippen LogP contribution is 2.14. The number of benzene rings is 1. The molecule has 1 nitrogen and oxygen atoms in total. The molecule has 0 fully saturated rings. The lowest BCUT2D eigenvalue weighted by atomic mass is 10.0. The molecule has 0 aliphatic rings. The van der Waals surface area contributed by atoms with Crippen LogP contribution >= 0.6 is 0 Å². The lowest BCUT2D eigenvalue weighted by molar-refractivity contribution is 0.625. The van der Waals surface area contributed by atoms with Gasteiger partial charge in [0.15, 0.2) is 0 Å². The molecule has 0 saturated carbocycles. The van der Waals surface area contributed by atoms with Crippen LogP contribution in [-0.2, 0) is 6.42 Å². The second-order valence-electron chi connectivity index (χ2n) is 4.43. The summed E-state index contributed by atoms with van der Waals surface area (Å²) in [6.07, 6.45) is 5.69. The van der Waals surface area contributed by atoms with Crippen molar-refractivity contribution in [3.63, 3.8) is 0 Å². The molecule has 0 atom stereocenters. The first kappa shape index (κ1) is 14.4. The van der Waals surface area contributed by atoms with E-state index in [0.29, 0.717) is 0 Å². The summed E-state index contributed by atoms with van der Waals surface area (Å²) in [4.78, 5) is 4.20. The van der Waals surface area contributed by atoms with Crippen LogP contribution in [0.1, 0.15) is 31.4 Å². The highest BCUT2D eigenvalue weighted by Gasteiger charge is 2.01. The van der Waals surface area contributed by atoms with E-state index in [2.05, 4.69) is 11.6 Å². The van der Waals surface area contributed by atoms with Crippen molar-refractivity contribution in [2.75, 3.05) is 0 Å². The van der Waals surface area contributed by atoms with Gasteiger partial charge >= 0.3 is 0 Å². The smallest absolute Gasteiger partial charge is 0.123 e. The van der Waals surface area contributed by atoms with E-state index in [1.165, 1.54) is 17.2 Å². The third-order valence-corrected chi connectivity index (χ3v) is 2.81. The summed E-state index contributed by atoms with van der Waals surface area (Å²) in [6.45, 7) is 9.54. The van der Waals surface area contributed by atoms with Crippen molar-refractivity contribution in [3.8, 4) is 0 Å². The van der Waals surface area contributed by atoms with Crippen LogP contribution in [0.25, 0.3) is 0 Å². The average Bonchev–Trinajstić information content (AvgIpc) is 2.31. The fraction of sp³-hybridized carbons (Fsp3) is 0.312. The molecule has 96 valence electrons. The second kappa shape index (κ2) is 6.90. The van der Waals surface area contributed by atoms with Crippen molar-refractivity contribution in [2.45, 2.75) is 33.6 Å². The van der Waals surface area contributed by atoms with Crippen LogP contribution in [0.2, 0.25) is 0 Å². The molecule has 0 heterocycles. The molecule has 0 saturated heterocycles. The number of aryl methyl sites for hydroxylation is 2. The topological polar surface area (TPSA) is 12.4 Å². The van der Waals surface area contributed by atoms with Gasteiger partial charge in [0, 0.05) is 11.9 Å². The van der Waals surface area contributed by atoms with Gasteiger partial charge in [-0.15, -0.1) is 0 Å². The van der Waals surface area contributed by atoms with Crippen LogP contribution in [0.3, 0.4) is 0 Å². The van der Waals surface area contributed by atoms with Crippen molar-refractivity contribution in [3.05, 3.63) is 59.1 Å². The zero-order chi connectivity index (χ0) is 13.5. The largest absolute Gasteiger partial charge is 0.262 e. The van der Waals surface area contributed by atoms with Crippen LogP contribution in [-0.4, -0.2) is 6.21 Å². The van der Waals surface area contributed by atoms with Crippen LogP contribution in [0, 0.1) is 12.7 Å². The summed E-state index contributed by atoms with van der Waals surface area (Å²) in [6, 6.07) is 4.94. The van der Waals surface area contributed by atoms with Gasteiger partial charge in [-0.05, 0) is 62.4 Å². The molecule has 0 amide bonds. The number of hydrogen-bond donors (Lipinski definition) is 0. The Morgan fingerprint density at radius 1 is 1.44 bits per heavy atom. The van der Waals surface area contributed by atoms with E-state index in [1.54, 1.807) is 6.07 Å². The van der Waals surface area contributed by atoms with Crippen molar-refractivity contribution < 1.29 is 4.39 Å². The predicted octanol–water partition coefficient (Wildman–Crippen LogP) is 4.62. The van der Waals surface area contributed by atoms with Crippen molar-refractivity contribution in [1.29, 1.82) is 0 Å². The molecule has 1 aromatic carbocycles. The third-order valence-electron chi connectivity index (χ3n) is 2.81. The number of allylic oxidation sites excluding steroid dienone is 3. The van der Waals surface area contributed by atoms with Gasteiger partial charge in [-0.3, -0.25) is 4.99 Å². The minimum Gasteiger partial charge on any atom is -0.262 e. The Labute approximate surface area is 109 Å². The SMILES string of the molecule is C=C(C)N=C/C(=C\C)CCc1ccc(F)cc1C. The molecule has 0 aliphatic carbocycles. The molecular weight excluding hydrogens is 225 g/mol. The molecule has 0 aromatic heterocycles. The van der Waals surface area contributed by atoms with Gasteiger partial charge in [-0.1, -0.05) is 18.7 Å². The summed E-state index contributed by atoms with van der Waals surface area (Å²) >= 11 is 0.